The second kappa shape index (κ2) is 13.5. The van der Waals surface area contributed by atoms with Crippen LogP contribution in [-0.4, -0.2) is 30.4 Å². The molecular formula is C32H22BrClF3N3O5S. The molecule has 2 heterocycles. The summed E-state index contributed by atoms with van der Waals surface area (Å²) in [5.41, 5.74) is -1.41. The number of esters is 1. The van der Waals surface area contributed by atoms with Gasteiger partial charge in [-0.3, -0.25) is 9.36 Å². The fourth-order valence-corrected chi connectivity index (χ4v) is 6.42. The van der Waals surface area contributed by atoms with Gasteiger partial charge in [-0.2, -0.15) is 18.4 Å². The Hall–Kier alpha value is -4.38. The van der Waals surface area contributed by atoms with E-state index in [0.29, 0.717) is 43.3 Å². The molecule has 0 unspecified atom stereocenters. The van der Waals surface area contributed by atoms with E-state index < -0.39 is 35.0 Å². The van der Waals surface area contributed by atoms with Gasteiger partial charge in [0.05, 0.1) is 41.5 Å². The smallest absolute Gasteiger partial charge is 0.434 e. The van der Waals surface area contributed by atoms with Gasteiger partial charge in [-0.25, -0.2) is 9.79 Å². The SMILES string of the molecule is CCOC(=O)C1=C(C(F)(F)F)N=c2s/c(=C\c3cc(Br)cc(OC)c3OCc3ccccc3C#N)c(=O)n2[C@H]1c1ccc(Cl)cc1. The molecule has 0 N–H and O–H groups in total. The van der Waals surface area contributed by atoms with Crippen molar-refractivity contribution in [3.63, 3.8) is 0 Å². The number of methoxy groups -OCH3 is 1. The molecule has 0 fully saturated rings. The lowest BCUT2D eigenvalue weighted by atomic mass is 9.95. The third-order valence-electron chi connectivity index (χ3n) is 6.85. The first-order valence-electron chi connectivity index (χ1n) is 13.5. The number of thiazole rings is 1. The molecule has 1 aliphatic rings. The van der Waals surface area contributed by atoms with Crippen LogP contribution in [0.2, 0.25) is 5.02 Å². The van der Waals surface area contributed by atoms with Crippen LogP contribution in [0, 0.1) is 11.3 Å². The van der Waals surface area contributed by atoms with E-state index in [2.05, 4.69) is 27.0 Å². The summed E-state index contributed by atoms with van der Waals surface area (Å²) in [6.07, 6.45) is -3.59. The number of hydrogen-bond acceptors (Lipinski definition) is 8. The van der Waals surface area contributed by atoms with Gasteiger partial charge in [0, 0.05) is 20.6 Å². The molecule has 0 aliphatic carbocycles. The van der Waals surface area contributed by atoms with Crippen LogP contribution in [-0.2, 0) is 16.1 Å². The van der Waals surface area contributed by atoms with Crippen molar-refractivity contribution in [3.05, 3.63) is 123 Å². The molecule has 236 valence electrons. The molecule has 1 aromatic heterocycles. The normalized spacial score (nSPS) is 14.7. The molecule has 1 atom stereocenters. The van der Waals surface area contributed by atoms with Crippen LogP contribution in [0.1, 0.15) is 35.2 Å². The third-order valence-corrected chi connectivity index (χ3v) is 8.54. The number of halogens is 5. The van der Waals surface area contributed by atoms with E-state index in [9.17, 15) is 28.0 Å². The highest BCUT2D eigenvalue weighted by Gasteiger charge is 2.45. The number of aromatic nitrogens is 1. The van der Waals surface area contributed by atoms with E-state index in [1.165, 1.54) is 44.4 Å². The monoisotopic (exact) mass is 731 g/mol. The maximum Gasteiger partial charge on any atom is 0.434 e. The molecule has 0 saturated heterocycles. The minimum absolute atomic E-state index is 0.00627. The summed E-state index contributed by atoms with van der Waals surface area (Å²) in [5.74, 6) is -0.731. The Kier molecular flexibility index (Phi) is 9.71. The Bertz CT molecular complexity index is 2090. The van der Waals surface area contributed by atoms with Gasteiger partial charge < -0.3 is 14.2 Å². The fraction of sp³-hybridized carbons (Fsp3) is 0.188. The zero-order valence-corrected chi connectivity index (χ0v) is 27.2. The molecule has 1 aliphatic heterocycles. The summed E-state index contributed by atoms with van der Waals surface area (Å²) in [7, 11) is 1.43. The molecule has 0 bridgehead atoms. The molecule has 8 nitrogen and oxygen atoms in total. The van der Waals surface area contributed by atoms with Gasteiger partial charge >= 0.3 is 12.1 Å². The van der Waals surface area contributed by atoms with Crippen molar-refractivity contribution in [1.82, 2.24) is 4.57 Å². The second-order valence-corrected chi connectivity index (χ2v) is 12.1. The molecule has 0 spiro atoms. The molecule has 0 amide bonds. The Balaban J connectivity index is 1.73. The maximum atomic E-state index is 14.4. The van der Waals surface area contributed by atoms with Gasteiger partial charge in [0.2, 0.25) is 0 Å². The Morgan fingerprint density at radius 2 is 1.91 bits per heavy atom. The first-order chi connectivity index (χ1) is 22.0. The van der Waals surface area contributed by atoms with Crippen LogP contribution in [0.5, 0.6) is 11.5 Å². The average molecular weight is 733 g/mol. The van der Waals surface area contributed by atoms with E-state index in [0.717, 1.165) is 4.57 Å². The largest absolute Gasteiger partial charge is 0.493 e. The van der Waals surface area contributed by atoms with Gasteiger partial charge in [-0.15, -0.1) is 0 Å². The minimum atomic E-state index is -5.04. The van der Waals surface area contributed by atoms with Gasteiger partial charge in [0.25, 0.3) is 5.56 Å². The summed E-state index contributed by atoms with van der Waals surface area (Å²) >= 11 is 10.2. The quantitative estimate of drug-likeness (QED) is 0.200. The molecule has 46 heavy (non-hydrogen) atoms. The van der Waals surface area contributed by atoms with E-state index in [1.54, 1.807) is 36.4 Å². The molecule has 14 heteroatoms. The van der Waals surface area contributed by atoms with Crippen LogP contribution in [0.3, 0.4) is 0 Å². The summed E-state index contributed by atoms with van der Waals surface area (Å²) < 4.78 is 61.5. The lowest BCUT2D eigenvalue weighted by molar-refractivity contribution is -0.140. The molecule has 5 rings (SSSR count). The Morgan fingerprint density at radius 1 is 1.20 bits per heavy atom. The van der Waals surface area contributed by atoms with Crippen molar-refractivity contribution in [3.8, 4) is 17.6 Å². The standard InChI is InChI=1S/C32H22BrClF3N3O5S/c1-3-44-30(42)25-26(17-8-10-22(34)11-9-17)40-29(41)24(46-31(40)39-28(25)32(35,36)37)13-20-12-21(33)14-23(43-2)27(20)45-16-19-7-5-4-6-18(19)15-38/h4-14,26H,3,16H2,1-2H3/b24-13-/t26-/m0/s1. The van der Waals surface area contributed by atoms with Gasteiger partial charge in [-0.05, 0) is 48.9 Å². The summed E-state index contributed by atoms with van der Waals surface area (Å²) in [6.45, 7) is 1.25. The van der Waals surface area contributed by atoms with Crippen molar-refractivity contribution in [2.45, 2.75) is 25.7 Å². The Morgan fingerprint density at radius 3 is 2.57 bits per heavy atom. The van der Waals surface area contributed by atoms with E-state index in [-0.39, 0.29) is 33.9 Å². The van der Waals surface area contributed by atoms with Gasteiger partial charge in [0.1, 0.15) is 6.61 Å². The highest BCUT2D eigenvalue weighted by molar-refractivity contribution is 9.10. The summed E-state index contributed by atoms with van der Waals surface area (Å²) in [4.78, 5) is 30.6. The number of allylic oxidation sites excluding steroid dienone is 1. The number of rotatable bonds is 8. The number of benzene rings is 3. The van der Waals surface area contributed by atoms with Crippen molar-refractivity contribution in [1.29, 1.82) is 5.26 Å². The highest BCUT2D eigenvalue weighted by atomic mass is 79.9. The number of carbonyl (C=O) groups excluding carboxylic acids is 1. The van der Waals surface area contributed by atoms with E-state index >= 15 is 0 Å². The average Bonchev–Trinajstić information content (AvgIpc) is 3.33. The van der Waals surface area contributed by atoms with Crippen LogP contribution >= 0.6 is 38.9 Å². The predicted molar refractivity (Wildman–Crippen MR) is 168 cm³/mol. The number of fused-ring (bicyclic) bond motifs is 1. The molecule has 3 aromatic carbocycles. The lowest BCUT2D eigenvalue weighted by Gasteiger charge is -2.26. The highest BCUT2D eigenvalue weighted by Crippen LogP contribution is 2.39. The molecule has 0 radical (unpaired) electrons. The topological polar surface area (TPSA) is 103 Å². The Labute approximate surface area is 277 Å². The predicted octanol–water partition coefficient (Wildman–Crippen LogP) is 6.22. The van der Waals surface area contributed by atoms with Crippen LogP contribution < -0.4 is 24.4 Å². The molecular weight excluding hydrogens is 711 g/mol. The van der Waals surface area contributed by atoms with Crippen LogP contribution in [0.25, 0.3) is 6.08 Å². The number of alkyl halides is 3. The van der Waals surface area contributed by atoms with Gasteiger partial charge in [0.15, 0.2) is 22.0 Å². The van der Waals surface area contributed by atoms with Crippen molar-refractivity contribution < 1.29 is 32.2 Å². The number of ether oxygens (including phenoxy) is 3. The van der Waals surface area contributed by atoms with Crippen molar-refractivity contribution >= 4 is 50.9 Å². The van der Waals surface area contributed by atoms with E-state index in [4.69, 9.17) is 25.8 Å². The van der Waals surface area contributed by atoms with Crippen molar-refractivity contribution in [2.75, 3.05) is 13.7 Å². The summed E-state index contributed by atoms with van der Waals surface area (Å²) in [6, 6.07) is 16.5. The fourth-order valence-electron chi connectivity index (χ4n) is 4.85. The first kappa shape index (κ1) is 33.0. The molecule has 0 saturated carbocycles. The number of nitriles is 1. The second-order valence-electron chi connectivity index (χ2n) is 9.70. The molecule has 4 aromatic rings. The van der Waals surface area contributed by atoms with E-state index in [1.807, 2.05) is 0 Å². The zero-order valence-electron chi connectivity index (χ0n) is 24.0. The number of nitrogens with zero attached hydrogens (tertiary/aromatic N) is 3. The third kappa shape index (κ3) is 6.60. The lowest BCUT2D eigenvalue weighted by Crippen LogP contribution is -2.41. The van der Waals surface area contributed by atoms with Crippen LogP contribution in [0.15, 0.2) is 86.2 Å². The zero-order chi connectivity index (χ0) is 33.2. The number of hydrogen-bond donors (Lipinski definition) is 0. The minimum Gasteiger partial charge on any atom is -0.493 e. The van der Waals surface area contributed by atoms with Crippen LogP contribution in [0.4, 0.5) is 13.2 Å². The maximum absolute atomic E-state index is 14.4. The first-order valence-corrected chi connectivity index (χ1v) is 15.5. The summed E-state index contributed by atoms with van der Waals surface area (Å²) in [5, 5.41) is 9.79. The van der Waals surface area contributed by atoms with Crippen molar-refractivity contribution in [2.24, 2.45) is 4.99 Å². The number of carbonyl (C=O) groups is 1. The van der Waals surface area contributed by atoms with Gasteiger partial charge in [-0.1, -0.05) is 69.2 Å².